The van der Waals surface area contributed by atoms with Crippen molar-refractivity contribution in [2.24, 2.45) is 5.92 Å². The molecule has 2 fully saturated rings. The zero-order chi connectivity index (χ0) is 16.9. The molecule has 1 amide bonds. The van der Waals surface area contributed by atoms with E-state index in [0.29, 0.717) is 32.3 Å². The van der Waals surface area contributed by atoms with E-state index in [2.05, 4.69) is 10.2 Å². The minimum absolute atomic E-state index is 0.0948. The van der Waals surface area contributed by atoms with Crippen molar-refractivity contribution in [1.29, 1.82) is 0 Å². The molecule has 0 spiro atoms. The predicted octanol–water partition coefficient (Wildman–Crippen LogP) is 1.95. The molecule has 132 valence electrons. The average molecular weight is 357 g/mol. The summed E-state index contributed by atoms with van der Waals surface area (Å²) in [6, 6.07) is 4.40. The highest BCUT2D eigenvalue weighted by Crippen LogP contribution is 2.23. The van der Waals surface area contributed by atoms with Crippen LogP contribution in [0.25, 0.3) is 0 Å². The van der Waals surface area contributed by atoms with Crippen LogP contribution in [0.15, 0.2) is 18.2 Å². The third-order valence-corrected chi connectivity index (χ3v) is 5.00. The normalized spacial score (nSPS) is 23.2. The van der Waals surface area contributed by atoms with Crippen LogP contribution in [0.1, 0.15) is 16.8 Å². The Morgan fingerprint density at radius 2 is 2.12 bits per heavy atom. The molecule has 1 aromatic rings. The van der Waals surface area contributed by atoms with Crippen LogP contribution in [-0.2, 0) is 9.47 Å². The van der Waals surface area contributed by atoms with E-state index < -0.39 is 11.7 Å². The summed E-state index contributed by atoms with van der Waals surface area (Å²) in [7, 11) is 0. The number of rotatable bonds is 5. The van der Waals surface area contributed by atoms with E-state index in [-0.39, 0.29) is 16.6 Å². The molecule has 1 N–H and O–H groups in total. The maximum atomic E-state index is 13.9. The largest absolute Gasteiger partial charge is 0.381 e. The second kappa shape index (κ2) is 8.25. The van der Waals surface area contributed by atoms with Crippen LogP contribution in [0.4, 0.5) is 4.39 Å². The smallest absolute Gasteiger partial charge is 0.255 e. The summed E-state index contributed by atoms with van der Waals surface area (Å²) in [5.41, 5.74) is -0.0948. The Balaban J connectivity index is 1.67. The molecule has 2 heterocycles. The van der Waals surface area contributed by atoms with E-state index in [4.69, 9.17) is 21.1 Å². The average Bonchev–Trinajstić information content (AvgIpc) is 3.10. The lowest BCUT2D eigenvalue weighted by molar-refractivity contribution is 0.00165. The highest BCUT2D eigenvalue weighted by Gasteiger charge is 2.32. The first kappa shape index (κ1) is 17.6. The van der Waals surface area contributed by atoms with Crippen molar-refractivity contribution in [3.63, 3.8) is 0 Å². The molecule has 0 aromatic heterocycles. The Kier molecular flexibility index (Phi) is 6.05. The van der Waals surface area contributed by atoms with E-state index in [0.717, 1.165) is 26.1 Å². The number of nitrogens with one attached hydrogen (secondary N) is 1. The van der Waals surface area contributed by atoms with Gasteiger partial charge in [-0.15, -0.1) is 0 Å². The number of nitrogens with zero attached hydrogens (tertiary/aromatic N) is 1. The van der Waals surface area contributed by atoms with Gasteiger partial charge in [-0.1, -0.05) is 17.7 Å². The summed E-state index contributed by atoms with van der Waals surface area (Å²) in [5, 5.41) is 2.98. The molecule has 0 bridgehead atoms. The Labute approximate surface area is 146 Å². The third kappa shape index (κ3) is 4.06. The number of amides is 1. The van der Waals surface area contributed by atoms with Gasteiger partial charge in [-0.3, -0.25) is 9.69 Å². The molecule has 5 nitrogen and oxygen atoms in total. The van der Waals surface area contributed by atoms with Crippen molar-refractivity contribution in [1.82, 2.24) is 10.2 Å². The van der Waals surface area contributed by atoms with E-state index >= 15 is 0 Å². The summed E-state index contributed by atoms with van der Waals surface area (Å²) in [6.45, 7) is 4.93. The van der Waals surface area contributed by atoms with Crippen LogP contribution in [0, 0.1) is 11.7 Å². The number of ether oxygens (including phenoxy) is 2. The van der Waals surface area contributed by atoms with Gasteiger partial charge in [-0.25, -0.2) is 4.39 Å². The Hall–Kier alpha value is -1.21. The van der Waals surface area contributed by atoms with Crippen LogP contribution < -0.4 is 5.32 Å². The fourth-order valence-corrected chi connectivity index (χ4v) is 3.61. The van der Waals surface area contributed by atoms with Crippen LogP contribution in [0.3, 0.4) is 0 Å². The highest BCUT2D eigenvalue weighted by molar-refractivity contribution is 6.33. The minimum Gasteiger partial charge on any atom is -0.381 e. The second-order valence-corrected chi connectivity index (χ2v) is 6.55. The topological polar surface area (TPSA) is 50.8 Å². The molecular weight excluding hydrogens is 335 g/mol. The maximum Gasteiger partial charge on any atom is 0.255 e. The molecule has 2 aliphatic rings. The van der Waals surface area contributed by atoms with Gasteiger partial charge in [0.05, 0.1) is 30.4 Å². The van der Waals surface area contributed by atoms with Crippen molar-refractivity contribution in [3.8, 4) is 0 Å². The summed E-state index contributed by atoms with van der Waals surface area (Å²) in [5.74, 6) is -0.720. The number of hydrogen-bond donors (Lipinski definition) is 1. The number of morpholine rings is 1. The molecule has 0 aliphatic carbocycles. The van der Waals surface area contributed by atoms with Crippen molar-refractivity contribution in [2.75, 3.05) is 46.1 Å². The third-order valence-electron chi connectivity index (χ3n) is 4.69. The summed E-state index contributed by atoms with van der Waals surface area (Å²) in [6.07, 6.45) is 0.971. The lowest BCUT2D eigenvalue weighted by Crippen LogP contribution is -2.52. The first-order valence-corrected chi connectivity index (χ1v) is 8.66. The van der Waals surface area contributed by atoms with Gasteiger partial charge in [0, 0.05) is 38.2 Å². The van der Waals surface area contributed by atoms with E-state index in [1.54, 1.807) is 0 Å². The molecule has 0 saturated carbocycles. The lowest BCUT2D eigenvalue weighted by Gasteiger charge is -2.37. The van der Waals surface area contributed by atoms with Gasteiger partial charge in [0.1, 0.15) is 5.82 Å². The number of benzene rings is 1. The summed E-state index contributed by atoms with van der Waals surface area (Å²) >= 11 is 5.97. The van der Waals surface area contributed by atoms with Crippen molar-refractivity contribution < 1.29 is 18.7 Å². The zero-order valence-corrected chi connectivity index (χ0v) is 14.2. The van der Waals surface area contributed by atoms with Gasteiger partial charge in [0.25, 0.3) is 5.91 Å². The Bertz CT molecular complexity index is 555. The SMILES string of the molecule is O=C(NC[C@@H]([C@@H]1CCOC1)N1CCOCC1)c1c(F)cccc1Cl. The van der Waals surface area contributed by atoms with Crippen molar-refractivity contribution >= 4 is 17.5 Å². The van der Waals surface area contributed by atoms with Gasteiger partial charge in [0.2, 0.25) is 0 Å². The van der Waals surface area contributed by atoms with Crippen LogP contribution in [-0.4, -0.2) is 62.9 Å². The standard InChI is InChI=1S/C17H22ClFN2O3/c18-13-2-1-3-14(19)16(13)17(22)20-10-15(12-4-7-24-11-12)21-5-8-23-9-6-21/h1-3,12,15H,4-11H2,(H,20,22)/t12-,15+/m1/s1. The van der Waals surface area contributed by atoms with E-state index in [1.165, 1.54) is 18.2 Å². The molecule has 2 saturated heterocycles. The molecular formula is C17H22ClFN2O3. The van der Waals surface area contributed by atoms with Crippen LogP contribution >= 0.6 is 11.6 Å². The number of halogens is 2. The van der Waals surface area contributed by atoms with Gasteiger partial charge in [-0.2, -0.15) is 0 Å². The molecule has 3 rings (SSSR count). The lowest BCUT2D eigenvalue weighted by atomic mass is 9.96. The number of carbonyl (C=O) groups excluding carboxylic acids is 1. The van der Waals surface area contributed by atoms with Gasteiger partial charge >= 0.3 is 0 Å². The summed E-state index contributed by atoms with van der Waals surface area (Å²) < 4.78 is 24.8. The molecule has 1 aromatic carbocycles. The second-order valence-electron chi connectivity index (χ2n) is 6.15. The molecule has 2 atom stereocenters. The van der Waals surface area contributed by atoms with Crippen molar-refractivity contribution in [2.45, 2.75) is 12.5 Å². The quantitative estimate of drug-likeness (QED) is 0.876. The number of hydrogen-bond acceptors (Lipinski definition) is 4. The van der Waals surface area contributed by atoms with Crippen LogP contribution in [0.2, 0.25) is 5.02 Å². The van der Waals surface area contributed by atoms with Gasteiger partial charge in [0.15, 0.2) is 0 Å². The predicted molar refractivity (Wildman–Crippen MR) is 88.8 cm³/mol. The van der Waals surface area contributed by atoms with Crippen LogP contribution in [0.5, 0.6) is 0 Å². The molecule has 2 aliphatic heterocycles. The minimum atomic E-state index is -0.605. The van der Waals surface area contributed by atoms with E-state index in [1.807, 2.05) is 0 Å². The summed E-state index contributed by atoms with van der Waals surface area (Å²) in [4.78, 5) is 14.7. The molecule has 24 heavy (non-hydrogen) atoms. The molecule has 0 unspecified atom stereocenters. The maximum absolute atomic E-state index is 13.9. The van der Waals surface area contributed by atoms with Gasteiger partial charge in [-0.05, 0) is 18.6 Å². The molecule has 0 radical (unpaired) electrons. The highest BCUT2D eigenvalue weighted by atomic mass is 35.5. The monoisotopic (exact) mass is 356 g/mol. The fraction of sp³-hybridized carbons (Fsp3) is 0.588. The Morgan fingerprint density at radius 1 is 1.33 bits per heavy atom. The van der Waals surface area contributed by atoms with Gasteiger partial charge < -0.3 is 14.8 Å². The zero-order valence-electron chi connectivity index (χ0n) is 13.5. The molecule has 7 heteroatoms. The van der Waals surface area contributed by atoms with Crippen molar-refractivity contribution in [3.05, 3.63) is 34.6 Å². The Morgan fingerprint density at radius 3 is 2.79 bits per heavy atom. The fourth-order valence-electron chi connectivity index (χ4n) is 3.36. The first-order chi connectivity index (χ1) is 11.7. The van der Waals surface area contributed by atoms with E-state index in [9.17, 15) is 9.18 Å². The first-order valence-electron chi connectivity index (χ1n) is 8.28. The number of carbonyl (C=O) groups is 1.